The molecule has 0 spiro atoms. The maximum atomic E-state index is 10.7. The fourth-order valence-corrected chi connectivity index (χ4v) is 3.49. The number of methoxy groups -OCH3 is 1. The second-order valence-corrected chi connectivity index (χ2v) is 7.15. The molecule has 0 fully saturated rings. The third-order valence-corrected chi connectivity index (χ3v) is 4.91. The fraction of sp³-hybridized carbons (Fsp3) is 0.304. The number of ether oxygens (including phenoxy) is 2. The lowest BCUT2D eigenvalue weighted by molar-refractivity contribution is -0.890. The van der Waals surface area contributed by atoms with Crippen LogP contribution in [0.4, 0.5) is 0 Å². The van der Waals surface area contributed by atoms with Gasteiger partial charge < -0.3 is 24.0 Å². The number of quaternary nitrogens is 1. The number of nitrogens with zero attached hydrogens (tertiary/aromatic N) is 3. The number of nitriles is 1. The second-order valence-electron chi connectivity index (χ2n) is 7.15. The summed E-state index contributed by atoms with van der Waals surface area (Å²) < 4.78 is 12.8. The van der Waals surface area contributed by atoms with E-state index in [0.29, 0.717) is 37.0 Å². The first-order chi connectivity index (χ1) is 14.5. The molecule has 1 unspecified atom stereocenters. The molecule has 156 valence electrons. The van der Waals surface area contributed by atoms with E-state index in [9.17, 15) is 10.4 Å². The number of hydrogen-bond acceptors (Lipinski definition) is 5. The molecule has 3 aromatic rings. The van der Waals surface area contributed by atoms with E-state index in [-0.39, 0.29) is 11.3 Å². The highest BCUT2D eigenvalue weighted by Gasteiger charge is 2.19. The minimum atomic E-state index is 0.0197. The molecule has 1 aromatic heterocycles. The van der Waals surface area contributed by atoms with Gasteiger partial charge in [-0.2, -0.15) is 5.26 Å². The number of aliphatic hydroxyl groups excluding tert-OH is 1. The van der Waals surface area contributed by atoms with Crippen LogP contribution in [0.15, 0.2) is 48.2 Å². The summed E-state index contributed by atoms with van der Waals surface area (Å²) >= 11 is 0. The van der Waals surface area contributed by atoms with Crippen molar-refractivity contribution in [2.24, 2.45) is 7.05 Å². The average molecular weight is 407 g/mol. The van der Waals surface area contributed by atoms with Crippen molar-refractivity contribution in [3.8, 4) is 17.6 Å². The first-order valence-electron chi connectivity index (χ1n) is 9.83. The molecule has 0 aliphatic rings. The summed E-state index contributed by atoms with van der Waals surface area (Å²) in [5.74, 6) is 1.87. The molecule has 0 saturated carbocycles. The maximum absolute atomic E-state index is 10.7. The van der Waals surface area contributed by atoms with Crippen molar-refractivity contribution in [3.63, 3.8) is 0 Å². The van der Waals surface area contributed by atoms with Gasteiger partial charge in [0.05, 0.1) is 31.8 Å². The Bertz CT molecular complexity index is 1110. The lowest BCUT2D eigenvalue weighted by Crippen LogP contribution is -3.07. The van der Waals surface area contributed by atoms with Crippen LogP contribution in [0.5, 0.6) is 11.5 Å². The van der Waals surface area contributed by atoms with Crippen molar-refractivity contribution >= 4 is 16.6 Å². The molecule has 1 atom stereocenters. The van der Waals surface area contributed by atoms with Crippen molar-refractivity contribution in [1.82, 2.24) is 9.55 Å². The summed E-state index contributed by atoms with van der Waals surface area (Å²) in [6, 6.07) is 15.6. The zero-order valence-electron chi connectivity index (χ0n) is 17.8. The lowest BCUT2D eigenvalue weighted by Gasteiger charge is -2.16. The number of aryl methyl sites for hydroxylation is 1. The third-order valence-electron chi connectivity index (χ3n) is 4.91. The molecule has 30 heavy (non-hydrogen) atoms. The fourth-order valence-electron chi connectivity index (χ4n) is 3.49. The van der Waals surface area contributed by atoms with Gasteiger partial charge in [0, 0.05) is 12.6 Å². The number of likely N-dealkylation sites (N-methyl/N-ethyl adjacent to an activating group) is 1. The van der Waals surface area contributed by atoms with Crippen LogP contribution in [0.2, 0.25) is 0 Å². The van der Waals surface area contributed by atoms with Gasteiger partial charge in [-0.15, -0.1) is 0 Å². The predicted molar refractivity (Wildman–Crippen MR) is 115 cm³/mol. The quantitative estimate of drug-likeness (QED) is 0.443. The van der Waals surface area contributed by atoms with Crippen molar-refractivity contribution in [3.05, 3.63) is 59.6 Å². The predicted octanol–water partition coefficient (Wildman–Crippen LogP) is 2.49. The van der Waals surface area contributed by atoms with Crippen LogP contribution >= 0.6 is 0 Å². The van der Waals surface area contributed by atoms with E-state index in [1.54, 1.807) is 7.11 Å². The van der Waals surface area contributed by atoms with Crippen molar-refractivity contribution in [2.75, 3.05) is 27.3 Å². The number of imidazole rings is 1. The van der Waals surface area contributed by atoms with Crippen molar-refractivity contribution in [2.45, 2.75) is 13.5 Å². The summed E-state index contributed by atoms with van der Waals surface area (Å²) in [4.78, 5) is 5.55. The standard InChI is InChI=1S/C23H26N4O3/c1-5-30-21-11-10-16(12-22(21)29-4)14-26(2)15-20(28)17(13-24)23-25-18-8-6-7-9-19(18)27(23)3/h6-12,28H,5,14-15H2,1-4H3/p+1/b20-17-. The number of rotatable bonds is 8. The Morgan fingerprint density at radius 2 is 2.00 bits per heavy atom. The monoisotopic (exact) mass is 407 g/mol. The number of fused-ring (bicyclic) bond motifs is 1. The molecule has 1 heterocycles. The molecule has 0 radical (unpaired) electrons. The Hall–Kier alpha value is -3.50. The topological polar surface area (TPSA) is 84.7 Å². The number of hydrogen-bond donors (Lipinski definition) is 2. The van der Waals surface area contributed by atoms with E-state index in [1.165, 1.54) is 0 Å². The SMILES string of the molecule is CCOc1ccc(C[NH+](C)C/C(O)=C(\C#N)c2nc3ccccc3n2C)cc1OC. The molecular formula is C23H27N4O3+. The van der Waals surface area contributed by atoms with E-state index in [2.05, 4.69) is 11.1 Å². The normalized spacial score (nSPS) is 12.9. The number of aliphatic hydroxyl groups is 1. The highest BCUT2D eigenvalue weighted by molar-refractivity contribution is 5.83. The van der Waals surface area contributed by atoms with E-state index >= 15 is 0 Å². The molecule has 0 aliphatic carbocycles. The molecule has 7 heteroatoms. The Morgan fingerprint density at radius 3 is 2.67 bits per heavy atom. The molecule has 0 amide bonds. The molecule has 2 N–H and O–H groups in total. The van der Waals surface area contributed by atoms with Crippen LogP contribution in [0.25, 0.3) is 16.6 Å². The number of allylic oxidation sites excluding steroid dienone is 1. The van der Waals surface area contributed by atoms with E-state index in [1.807, 2.05) is 68.1 Å². The Balaban J connectivity index is 1.80. The number of nitrogens with one attached hydrogen (secondary N) is 1. The van der Waals surface area contributed by atoms with Gasteiger partial charge in [0.1, 0.15) is 24.7 Å². The summed E-state index contributed by atoms with van der Waals surface area (Å²) in [5, 5.41) is 20.4. The lowest BCUT2D eigenvalue weighted by atomic mass is 10.1. The van der Waals surface area contributed by atoms with Crippen molar-refractivity contribution < 1.29 is 19.5 Å². The largest absolute Gasteiger partial charge is 0.506 e. The van der Waals surface area contributed by atoms with Crippen LogP contribution in [-0.2, 0) is 13.6 Å². The van der Waals surface area contributed by atoms with Crippen LogP contribution in [0, 0.1) is 11.3 Å². The van der Waals surface area contributed by atoms with Crippen LogP contribution in [0.3, 0.4) is 0 Å². The minimum absolute atomic E-state index is 0.0197. The van der Waals surface area contributed by atoms with Gasteiger partial charge in [-0.05, 0) is 37.3 Å². The highest BCUT2D eigenvalue weighted by Crippen LogP contribution is 2.27. The number of aromatic nitrogens is 2. The Labute approximate surface area is 176 Å². The van der Waals surface area contributed by atoms with Gasteiger partial charge in [0.25, 0.3) is 0 Å². The van der Waals surface area contributed by atoms with Gasteiger partial charge in [-0.25, -0.2) is 4.98 Å². The summed E-state index contributed by atoms with van der Waals surface area (Å²) in [5.41, 5.74) is 2.94. The first kappa shape index (κ1) is 21.2. The average Bonchev–Trinajstić information content (AvgIpc) is 3.06. The molecule has 3 rings (SSSR count). The van der Waals surface area contributed by atoms with Crippen LogP contribution in [0.1, 0.15) is 18.3 Å². The van der Waals surface area contributed by atoms with Crippen LogP contribution < -0.4 is 14.4 Å². The Morgan fingerprint density at radius 1 is 1.23 bits per heavy atom. The van der Waals surface area contributed by atoms with Gasteiger partial charge >= 0.3 is 0 Å². The molecule has 0 saturated heterocycles. The van der Waals surface area contributed by atoms with Gasteiger partial charge in [0.15, 0.2) is 23.1 Å². The molecule has 0 bridgehead atoms. The number of benzene rings is 2. The first-order valence-corrected chi connectivity index (χ1v) is 9.83. The smallest absolute Gasteiger partial charge is 0.169 e. The van der Waals surface area contributed by atoms with E-state index in [0.717, 1.165) is 21.5 Å². The van der Waals surface area contributed by atoms with Gasteiger partial charge in [-0.3, -0.25) is 0 Å². The molecular weight excluding hydrogens is 380 g/mol. The second kappa shape index (κ2) is 9.33. The maximum Gasteiger partial charge on any atom is 0.169 e. The Kier molecular flexibility index (Phi) is 6.60. The summed E-state index contributed by atoms with van der Waals surface area (Å²) in [6.07, 6.45) is 0. The third kappa shape index (κ3) is 4.39. The zero-order valence-corrected chi connectivity index (χ0v) is 17.8. The highest BCUT2D eigenvalue weighted by atomic mass is 16.5. The van der Waals surface area contributed by atoms with Gasteiger partial charge in [-0.1, -0.05) is 12.1 Å². The van der Waals surface area contributed by atoms with E-state index in [4.69, 9.17) is 9.47 Å². The van der Waals surface area contributed by atoms with E-state index < -0.39 is 0 Å². The van der Waals surface area contributed by atoms with Gasteiger partial charge in [0.2, 0.25) is 0 Å². The summed E-state index contributed by atoms with van der Waals surface area (Å²) in [7, 11) is 5.42. The van der Waals surface area contributed by atoms with Crippen LogP contribution in [-0.4, -0.2) is 42.0 Å². The zero-order chi connectivity index (χ0) is 21.7. The molecule has 2 aromatic carbocycles. The molecule has 7 nitrogen and oxygen atoms in total. The summed E-state index contributed by atoms with van der Waals surface area (Å²) in [6.45, 7) is 3.44. The van der Waals surface area contributed by atoms with Crippen molar-refractivity contribution in [1.29, 1.82) is 5.26 Å². The minimum Gasteiger partial charge on any atom is -0.506 e. The number of para-hydroxylation sites is 2. The molecule has 0 aliphatic heterocycles.